The molecular formula is C19H20O6. The maximum absolute atomic E-state index is 12.5. The first kappa shape index (κ1) is 18.2. The van der Waals surface area contributed by atoms with Gasteiger partial charge >= 0.3 is 0 Å². The van der Waals surface area contributed by atoms with Crippen molar-refractivity contribution in [1.82, 2.24) is 0 Å². The van der Waals surface area contributed by atoms with E-state index in [2.05, 4.69) is 0 Å². The van der Waals surface area contributed by atoms with Gasteiger partial charge in [-0.1, -0.05) is 6.07 Å². The van der Waals surface area contributed by atoms with Gasteiger partial charge in [0.2, 0.25) is 5.75 Å². The van der Waals surface area contributed by atoms with Crippen LogP contribution in [-0.2, 0) is 0 Å². The summed E-state index contributed by atoms with van der Waals surface area (Å²) in [4.78, 5) is 12.5. The van der Waals surface area contributed by atoms with Gasteiger partial charge in [-0.15, -0.1) is 0 Å². The summed E-state index contributed by atoms with van der Waals surface area (Å²) in [5.74, 6) is 0.915. The van der Waals surface area contributed by atoms with Crippen LogP contribution in [0.5, 0.6) is 28.7 Å². The normalized spacial score (nSPS) is 10.6. The lowest BCUT2D eigenvalue weighted by atomic mass is 10.1. The summed E-state index contributed by atoms with van der Waals surface area (Å²) in [5.41, 5.74) is 0.726. The van der Waals surface area contributed by atoms with Crippen LogP contribution < -0.4 is 18.9 Å². The molecule has 0 radical (unpaired) electrons. The summed E-state index contributed by atoms with van der Waals surface area (Å²) in [6, 6.07) is 8.35. The maximum atomic E-state index is 12.5. The monoisotopic (exact) mass is 344 g/mol. The lowest BCUT2D eigenvalue weighted by molar-refractivity contribution is 0.104. The molecule has 0 fully saturated rings. The second kappa shape index (κ2) is 8.10. The van der Waals surface area contributed by atoms with Gasteiger partial charge in [0.05, 0.1) is 39.6 Å². The van der Waals surface area contributed by atoms with Gasteiger partial charge in [-0.2, -0.15) is 0 Å². The number of allylic oxidation sites excluding steroid dienone is 1. The van der Waals surface area contributed by atoms with Crippen molar-refractivity contribution < 1.29 is 28.8 Å². The van der Waals surface area contributed by atoms with Crippen LogP contribution in [0.2, 0.25) is 0 Å². The minimum atomic E-state index is -0.397. The van der Waals surface area contributed by atoms with E-state index in [1.807, 2.05) is 0 Å². The van der Waals surface area contributed by atoms with Crippen molar-refractivity contribution in [1.29, 1.82) is 0 Å². The Labute approximate surface area is 146 Å². The molecule has 132 valence electrons. The van der Waals surface area contributed by atoms with Crippen molar-refractivity contribution >= 4 is 11.9 Å². The molecule has 0 atom stereocenters. The van der Waals surface area contributed by atoms with Crippen LogP contribution in [0.3, 0.4) is 0 Å². The minimum absolute atomic E-state index is 0.0998. The first-order valence-electron chi connectivity index (χ1n) is 7.44. The first-order valence-corrected chi connectivity index (χ1v) is 7.44. The van der Waals surface area contributed by atoms with Gasteiger partial charge in [-0.25, -0.2) is 0 Å². The highest BCUT2D eigenvalue weighted by atomic mass is 16.5. The number of phenols is 1. The van der Waals surface area contributed by atoms with Crippen LogP contribution >= 0.6 is 0 Å². The third-order valence-corrected chi connectivity index (χ3v) is 3.65. The van der Waals surface area contributed by atoms with E-state index >= 15 is 0 Å². The number of ether oxygens (including phenoxy) is 4. The number of rotatable bonds is 7. The standard InChI is InChI=1S/C19H20O6/c1-22-15-6-5-7-16(23-2)13(15)8-10-14(20)12-9-11-17(24-3)19(25-4)18(12)21/h5-11,21H,1-4H3. The Bertz CT molecular complexity index is 772. The maximum Gasteiger partial charge on any atom is 0.203 e. The van der Waals surface area contributed by atoms with E-state index in [1.165, 1.54) is 40.6 Å². The molecule has 0 saturated carbocycles. The highest BCUT2D eigenvalue weighted by molar-refractivity contribution is 6.09. The van der Waals surface area contributed by atoms with E-state index in [-0.39, 0.29) is 17.1 Å². The summed E-state index contributed by atoms with van der Waals surface area (Å²) in [7, 11) is 5.91. The number of benzene rings is 2. The van der Waals surface area contributed by atoms with Crippen LogP contribution in [0.15, 0.2) is 36.4 Å². The number of ketones is 1. The summed E-state index contributed by atoms with van der Waals surface area (Å²) < 4.78 is 20.8. The molecule has 6 nitrogen and oxygen atoms in total. The Morgan fingerprint density at radius 1 is 0.880 bits per heavy atom. The molecule has 0 aliphatic rings. The molecule has 2 aromatic carbocycles. The molecule has 0 heterocycles. The molecule has 0 amide bonds. The molecule has 6 heteroatoms. The van der Waals surface area contributed by atoms with E-state index in [9.17, 15) is 9.90 Å². The third kappa shape index (κ3) is 3.68. The number of carbonyl (C=O) groups excluding carboxylic acids is 1. The molecule has 0 aliphatic carbocycles. The average molecular weight is 344 g/mol. The third-order valence-electron chi connectivity index (χ3n) is 3.65. The number of hydrogen-bond acceptors (Lipinski definition) is 6. The zero-order chi connectivity index (χ0) is 18.4. The lowest BCUT2D eigenvalue weighted by Crippen LogP contribution is -1.99. The summed E-state index contributed by atoms with van der Waals surface area (Å²) in [6.45, 7) is 0. The largest absolute Gasteiger partial charge is 0.504 e. The van der Waals surface area contributed by atoms with Crippen LogP contribution in [0, 0.1) is 0 Å². The minimum Gasteiger partial charge on any atom is -0.504 e. The van der Waals surface area contributed by atoms with Crippen LogP contribution in [0.1, 0.15) is 15.9 Å². The number of phenolic OH excluding ortho intramolecular Hbond substituents is 1. The van der Waals surface area contributed by atoms with E-state index in [4.69, 9.17) is 18.9 Å². The van der Waals surface area contributed by atoms with Crippen molar-refractivity contribution in [3.05, 3.63) is 47.5 Å². The summed E-state index contributed by atoms with van der Waals surface area (Å²) in [6.07, 6.45) is 2.91. The topological polar surface area (TPSA) is 74.2 Å². The number of hydrogen-bond donors (Lipinski definition) is 1. The van der Waals surface area contributed by atoms with Crippen LogP contribution in [-0.4, -0.2) is 39.3 Å². The number of methoxy groups -OCH3 is 4. The van der Waals surface area contributed by atoms with Gasteiger partial charge in [0, 0.05) is 0 Å². The second-order valence-electron chi connectivity index (χ2n) is 4.97. The Morgan fingerprint density at radius 2 is 1.48 bits per heavy atom. The highest BCUT2D eigenvalue weighted by Gasteiger charge is 2.18. The van der Waals surface area contributed by atoms with Crippen molar-refractivity contribution in [2.75, 3.05) is 28.4 Å². The summed E-state index contributed by atoms with van der Waals surface area (Å²) in [5, 5.41) is 10.3. The zero-order valence-corrected chi connectivity index (χ0v) is 14.5. The van der Waals surface area contributed by atoms with Gasteiger partial charge in [0.1, 0.15) is 11.5 Å². The zero-order valence-electron chi connectivity index (χ0n) is 14.5. The fourth-order valence-corrected chi connectivity index (χ4v) is 2.40. The van der Waals surface area contributed by atoms with Crippen LogP contribution in [0.4, 0.5) is 0 Å². The molecule has 0 bridgehead atoms. The van der Waals surface area contributed by atoms with Gasteiger partial charge in [0.15, 0.2) is 17.3 Å². The predicted molar refractivity (Wildman–Crippen MR) is 94.1 cm³/mol. The van der Waals surface area contributed by atoms with Crippen molar-refractivity contribution in [3.63, 3.8) is 0 Å². The molecule has 0 aliphatic heterocycles. The Kier molecular flexibility index (Phi) is 5.89. The quantitative estimate of drug-likeness (QED) is 0.613. The summed E-state index contributed by atoms with van der Waals surface area (Å²) >= 11 is 0. The molecular weight excluding hydrogens is 324 g/mol. The number of carbonyl (C=O) groups is 1. The van der Waals surface area contributed by atoms with Crippen molar-refractivity contribution in [3.8, 4) is 28.7 Å². The van der Waals surface area contributed by atoms with E-state index in [0.717, 1.165) is 0 Å². The predicted octanol–water partition coefficient (Wildman–Crippen LogP) is 3.32. The second-order valence-corrected chi connectivity index (χ2v) is 4.97. The smallest absolute Gasteiger partial charge is 0.203 e. The van der Waals surface area contributed by atoms with Gasteiger partial charge in [-0.05, 0) is 36.4 Å². The van der Waals surface area contributed by atoms with E-state index < -0.39 is 5.78 Å². The molecule has 25 heavy (non-hydrogen) atoms. The van der Waals surface area contributed by atoms with Crippen LogP contribution in [0.25, 0.3) is 6.08 Å². The van der Waals surface area contributed by atoms with Gasteiger partial charge in [0.25, 0.3) is 0 Å². The molecule has 0 unspecified atom stereocenters. The van der Waals surface area contributed by atoms with Crippen molar-refractivity contribution in [2.24, 2.45) is 0 Å². The molecule has 0 saturated heterocycles. The van der Waals surface area contributed by atoms with Crippen molar-refractivity contribution in [2.45, 2.75) is 0 Å². The molecule has 1 N–H and O–H groups in total. The van der Waals surface area contributed by atoms with Gasteiger partial charge < -0.3 is 24.1 Å². The highest BCUT2D eigenvalue weighted by Crippen LogP contribution is 2.39. The SMILES string of the molecule is COc1cccc(OC)c1C=CC(=O)c1ccc(OC)c(OC)c1O. The number of aromatic hydroxyl groups is 1. The van der Waals surface area contributed by atoms with Gasteiger partial charge in [-0.3, -0.25) is 4.79 Å². The lowest BCUT2D eigenvalue weighted by Gasteiger charge is -2.11. The Morgan fingerprint density at radius 3 is 2.00 bits per heavy atom. The molecule has 0 aromatic heterocycles. The van der Waals surface area contributed by atoms with E-state index in [1.54, 1.807) is 30.3 Å². The Balaban J connectivity index is 2.40. The molecule has 2 rings (SSSR count). The average Bonchev–Trinajstić information content (AvgIpc) is 2.65. The first-order chi connectivity index (χ1) is 12.1. The Hall–Kier alpha value is -3.15. The molecule has 0 spiro atoms. The van der Waals surface area contributed by atoms with E-state index in [0.29, 0.717) is 22.8 Å². The fourth-order valence-electron chi connectivity index (χ4n) is 2.40. The fraction of sp³-hybridized carbons (Fsp3) is 0.211. The molecule has 2 aromatic rings.